The number of rotatable bonds is 2. The summed E-state index contributed by atoms with van der Waals surface area (Å²) in [5, 5.41) is 3.23. The summed E-state index contributed by atoms with van der Waals surface area (Å²) in [7, 11) is 0. The van der Waals surface area contributed by atoms with Gasteiger partial charge in [0.05, 0.1) is 11.3 Å². The van der Waals surface area contributed by atoms with Crippen molar-refractivity contribution in [2.24, 2.45) is 0 Å². The lowest BCUT2D eigenvalue weighted by Crippen LogP contribution is -2.15. The van der Waals surface area contributed by atoms with E-state index in [0.29, 0.717) is 5.56 Å². The zero-order valence-electron chi connectivity index (χ0n) is 11.6. The summed E-state index contributed by atoms with van der Waals surface area (Å²) in [6.45, 7) is 0.801. The Balaban J connectivity index is 2.18. The number of benzene rings is 1. The number of halogens is 4. The van der Waals surface area contributed by atoms with Crippen molar-refractivity contribution in [3.05, 3.63) is 53.5 Å². The van der Waals surface area contributed by atoms with Crippen LogP contribution in [0.5, 0.6) is 0 Å². The standard InChI is InChI=1S/C16H14F4N2/c17-10-5-6-11(14-4-2-7-21-14)12(9-10)15-13(16(18,19)20)3-1-8-22-15/h1,3,5-6,8-9,14,21H,2,4,7H2. The molecule has 6 heteroatoms. The van der Waals surface area contributed by atoms with Crippen molar-refractivity contribution in [2.75, 3.05) is 6.54 Å². The average Bonchev–Trinajstić information content (AvgIpc) is 3.00. The summed E-state index contributed by atoms with van der Waals surface area (Å²) < 4.78 is 53.2. The Morgan fingerprint density at radius 3 is 2.68 bits per heavy atom. The third kappa shape index (κ3) is 2.83. The smallest absolute Gasteiger partial charge is 0.310 e. The van der Waals surface area contributed by atoms with Crippen LogP contribution >= 0.6 is 0 Å². The van der Waals surface area contributed by atoms with Crippen molar-refractivity contribution < 1.29 is 17.6 Å². The topological polar surface area (TPSA) is 24.9 Å². The molecule has 0 saturated carbocycles. The van der Waals surface area contributed by atoms with Crippen molar-refractivity contribution >= 4 is 0 Å². The highest BCUT2D eigenvalue weighted by Crippen LogP contribution is 2.39. The highest BCUT2D eigenvalue weighted by Gasteiger charge is 2.35. The number of alkyl halides is 3. The molecule has 0 bridgehead atoms. The predicted molar refractivity (Wildman–Crippen MR) is 74.6 cm³/mol. The van der Waals surface area contributed by atoms with Gasteiger partial charge in [0.1, 0.15) is 5.82 Å². The van der Waals surface area contributed by atoms with Gasteiger partial charge in [0.2, 0.25) is 0 Å². The number of nitrogens with one attached hydrogen (secondary N) is 1. The molecule has 1 aromatic heterocycles. The normalized spacial score (nSPS) is 18.6. The molecule has 0 spiro atoms. The lowest BCUT2D eigenvalue weighted by Gasteiger charge is -2.18. The first-order valence-corrected chi connectivity index (χ1v) is 7.02. The van der Waals surface area contributed by atoms with Gasteiger partial charge in [-0.3, -0.25) is 4.98 Å². The van der Waals surface area contributed by atoms with Gasteiger partial charge < -0.3 is 5.32 Å². The van der Waals surface area contributed by atoms with E-state index in [0.717, 1.165) is 31.5 Å². The van der Waals surface area contributed by atoms with Crippen LogP contribution in [0.3, 0.4) is 0 Å². The van der Waals surface area contributed by atoms with Crippen LogP contribution < -0.4 is 5.32 Å². The van der Waals surface area contributed by atoms with Crippen molar-refractivity contribution in [2.45, 2.75) is 25.1 Å². The van der Waals surface area contributed by atoms with Gasteiger partial charge in [-0.2, -0.15) is 13.2 Å². The number of aromatic nitrogens is 1. The van der Waals surface area contributed by atoms with E-state index in [4.69, 9.17) is 0 Å². The number of hydrogen-bond donors (Lipinski definition) is 1. The fraction of sp³-hybridized carbons (Fsp3) is 0.312. The molecular weight excluding hydrogens is 296 g/mol. The van der Waals surface area contributed by atoms with Crippen molar-refractivity contribution in [3.8, 4) is 11.3 Å². The summed E-state index contributed by atoms with van der Waals surface area (Å²) in [5.41, 5.74) is -0.214. The van der Waals surface area contributed by atoms with Crippen molar-refractivity contribution in [1.82, 2.24) is 10.3 Å². The molecule has 2 nitrogen and oxygen atoms in total. The van der Waals surface area contributed by atoms with E-state index in [1.807, 2.05) is 0 Å². The summed E-state index contributed by atoms with van der Waals surface area (Å²) in [4.78, 5) is 3.87. The molecule has 2 heterocycles. The Morgan fingerprint density at radius 1 is 1.18 bits per heavy atom. The molecule has 1 saturated heterocycles. The van der Waals surface area contributed by atoms with Crippen LogP contribution in [0.25, 0.3) is 11.3 Å². The Bertz CT molecular complexity index is 676. The number of nitrogens with zero attached hydrogens (tertiary/aromatic N) is 1. The highest BCUT2D eigenvalue weighted by molar-refractivity contribution is 5.68. The Labute approximate surface area is 125 Å². The predicted octanol–water partition coefficient (Wildman–Crippen LogP) is 4.33. The molecule has 1 unspecified atom stereocenters. The van der Waals surface area contributed by atoms with Gasteiger partial charge in [0, 0.05) is 17.8 Å². The molecule has 1 aliphatic heterocycles. The summed E-state index contributed by atoms with van der Waals surface area (Å²) in [6.07, 6.45) is -1.49. The fourth-order valence-electron chi connectivity index (χ4n) is 2.84. The average molecular weight is 310 g/mol. The zero-order valence-corrected chi connectivity index (χ0v) is 11.6. The Hall–Kier alpha value is -1.95. The molecule has 1 fully saturated rings. The van der Waals surface area contributed by atoms with Crippen molar-refractivity contribution in [3.63, 3.8) is 0 Å². The van der Waals surface area contributed by atoms with E-state index in [-0.39, 0.29) is 17.3 Å². The largest absolute Gasteiger partial charge is 0.418 e. The molecule has 2 aromatic rings. The maximum Gasteiger partial charge on any atom is 0.418 e. The van der Waals surface area contributed by atoms with Gasteiger partial charge in [0.25, 0.3) is 0 Å². The van der Waals surface area contributed by atoms with Gasteiger partial charge in [-0.25, -0.2) is 4.39 Å². The number of hydrogen-bond acceptors (Lipinski definition) is 2. The Kier molecular flexibility index (Phi) is 3.87. The van der Waals surface area contributed by atoms with E-state index in [1.165, 1.54) is 18.3 Å². The first-order chi connectivity index (χ1) is 10.5. The van der Waals surface area contributed by atoms with Crippen LogP contribution in [0, 0.1) is 5.82 Å². The van der Waals surface area contributed by atoms with Crippen LogP contribution in [0.1, 0.15) is 30.0 Å². The lowest BCUT2D eigenvalue weighted by molar-refractivity contribution is -0.137. The second-order valence-electron chi connectivity index (χ2n) is 5.28. The van der Waals surface area contributed by atoms with Gasteiger partial charge in [-0.1, -0.05) is 6.07 Å². The van der Waals surface area contributed by atoms with Gasteiger partial charge in [0.15, 0.2) is 0 Å². The maximum atomic E-state index is 13.6. The minimum atomic E-state index is -4.53. The molecule has 0 radical (unpaired) electrons. The van der Waals surface area contributed by atoms with Crippen LogP contribution in [0.4, 0.5) is 17.6 Å². The number of pyridine rings is 1. The van der Waals surface area contributed by atoms with Gasteiger partial charge in [-0.05, 0) is 49.2 Å². The molecule has 116 valence electrons. The minimum absolute atomic E-state index is 0.0707. The summed E-state index contributed by atoms with van der Waals surface area (Å²) >= 11 is 0. The zero-order chi connectivity index (χ0) is 15.7. The molecule has 1 aromatic carbocycles. The molecule has 1 aliphatic rings. The van der Waals surface area contributed by atoms with Gasteiger partial charge >= 0.3 is 6.18 Å². The maximum absolute atomic E-state index is 13.6. The molecule has 1 atom stereocenters. The molecule has 22 heavy (non-hydrogen) atoms. The molecule has 0 amide bonds. The minimum Gasteiger partial charge on any atom is -0.310 e. The van der Waals surface area contributed by atoms with E-state index in [1.54, 1.807) is 6.07 Å². The van der Waals surface area contributed by atoms with E-state index >= 15 is 0 Å². The van der Waals surface area contributed by atoms with E-state index in [2.05, 4.69) is 10.3 Å². The van der Waals surface area contributed by atoms with Crippen LogP contribution in [-0.4, -0.2) is 11.5 Å². The highest BCUT2D eigenvalue weighted by atomic mass is 19.4. The first-order valence-electron chi connectivity index (χ1n) is 7.02. The van der Waals surface area contributed by atoms with Crippen LogP contribution in [0.15, 0.2) is 36.5 Å². The van der Waals surface area contributed by atoms with E-state index < -0.39 is 17.6 Å². The molecule has 3 rings (SSSR count). The first kappa shape index (κ1) is 15.0. The Morgan fingerprint density at radius 2 is 2.00 bits per heavy atom. The quantitative estimate of drug-likeness (QED) is 0.835. The van der Waals surface area contributed by atoms with Gasteiger partial charge in [-0.15, -0.1) is 0 Å². The van der Waals surface area contributed by atoms with Crippen molar-refractivity contribution in [1.29, 1.82) is 0 Å². The molecule has 1 N–H and O–H groups in total. The second-order valence-corrected chi connectivity index (χ2v) is 5.28. The SMILES string of the molecule is Fc1ccc(C2CCCN2)c(-c2ncccc2C(F)(F)F)c1. The molecular formula is C16H14F4N2. The monoisotopic (exact) mass is 310 g/mol. The van der Waals surface area contributed by atoms with Crippen LogP contribution in [-0.2, 0) is 6.18 Å². The summed E-state index contributed by atoms with van der Waals surface area (Å²) in [6, 6.07) is 6.08. The third-order valence-electron chi connectivity index (χ3n) is 3.82. The van der Waals surface area contributed by atoms with E-state index in [9.17, 15) is 17.6 Å². The summed E-state index contributed by atoms with van der Waals surface area (Å²) in [5.74, 6) is -0.574. The van der Waals surface area contributed by atoms with Crippen LogP contribution in [0.2, 0.25) is 0 Å². The molecule has 0 aliphatic carbocycles. The lowest BCUT2D eigenvalue weighted by atomic mass is 9.94. The fourth-order valence-corrected chi connectivity index (χ4v) is 2.84. The second kappa shape index (κ2) is 5.68. The third-order valence-corrected chi connectivity index (χ3v) is 3.82.